The van der Waals surface area contributed by atoms with Gasteiger partial charge in [0.05, 0.1) is 6.10 Å². The van der Waals surface area contributed by atoms with E-state index in [4.69, 9.17) is 0 Å². The number of benzene rings is 1. The van der Waals surface area contributed by atoms with Gasteiger partial charge in [-0.2, -0.15) is 0 Å². The van der Waals surface area contributed by atoms with Crippen LogP contribution < -0.4 is 0 Å². The van der Waals surface area contributed by atoms with Crippen LogP contribution in [-0.4, -0.2) is 53.7 Å². The second kappa shape index (κ2) is 6.25. The number of hydrogen-bond donors (Lipinski definition) is 1. The molecule has 0 aromatic heterocycles. The molecule has 3 nitrogen and oxygen atoms in total. The molecule has 0 saturated carbocycles. The number of hydrogen-bond acceptors (Lipinski definition) is 3. The van der Waals surface area contributed by atoms with Gasteiger partial charge >= 0.3 is 0 Å². The van der Waals surface area contributed by atoms with Gasteiger partial charge in [0.15, 0.2) is 0 Å². The third-order valence-electron chi connectivity index (χ3n) is 4.88. The van der Waals surface area contributed by atoms with Crippen LogP contribution in [0.15, 0.2) is 24.3 Å². The van der Waals surface area contributed by atoms with Crippen molar-refractivity contribution in [1.82, 2.24) is 9.80 Å². The van der Waals surface area contributed by atoms with E-state index in [1.807, 2.05) is 0 Å². The van der Waals surface area contributed by atoms with Crippen molar-refractivity contribution in [2.45, 2.75) is 38.3 Å². The summed E-state index contributed by atoms with van der Waals surface area (Å²) in [7, 11) is 0. The maximum Gasteiger partial charge on any atom is 0.0916 e. The predicted molar refractivity (Wildman–Crippen MR) is 81.8 cm³/mol. The molecule has 3 heteroatoms. The molecule has 3 rings (SSSR count). The second-order valence-corrected chi connectivity index (χ2v) is 6.20. The number of aliphatic hydroxyl groups is 1. The first-order valence-corrected chi connectivity index (χ1v) is 7.99. The molecule has 2 aliphatic rings. The van der Waals surface area contributed by atoms with Gasteiger partial charge in [-0.3, -0.25) is 9.80 Å². The summed E-state index contributed by atoms with van der Waals surface area (Å²) in [5.74, 6) is 0. The Bertz CT molecular complexity index is 431. The Labute approximate surface area is 122 Å². The van der Waals surface area contributed by atoms with Crippen molar-refractivity contribution in [1.29, 1.82) is 0 Å². The quantitative estimate of drug-likeness (QED) is 0.910. The first kappa shape index (κ1) is 14.1. The minimum Gasteiger partial charge on any atom is -0.387 e. The molecule has 1 aromatic rings. The zero-order valence-electron chi connectivity index (χ0n) is 12.5. The van der Waals surface area contributed by atoms with Gasteiger partial charge < -0.3 is 5.11 Å². The van der Waals surface area contributed by atoms with Crippen molar-refractivity contribution in [2.24, 2.45) is 0 Å². The Morgan fingerprint density at radius 1 is 1.20 bits per heavy atom. The SMILES string of the molecule is CCc1ccc(C(O)CN2CCN3CCCC3C2)cc1. The number of fused-ring (bicyclic) bond motifs is 1. The summed E-state index contributed by atoms with van der Waals surface area (Å²) in [4.78, 5) is 5.05. The normalized spacial score (nSPS) is 25.6. The highest BCUT2D eigenvalue weighted by Gasteiger charge is 2.31. The summed E-state index contributed by atoms with van der Waals surface area (Å²) in [5.41, 5.74) is 2.39. The van der Waals surface area contributed by atoms with Crippen molar-refractivity contribution in [3.63, 3.8) is 0 Å². The topological polar surface area (TPSA) is 26.7 Å². The number of nitrogens with zero attached hydrogens (tertiary/aromatic N) is 2. The van der Waals surface area contributed by atoms with Gasteiger partial charge in [-0.1, -0.05) is 31.2 Å². The fraction of sp³-hybridized carbons (Fsp3) is 0.647. The molecule has 1 aromatic carbocycles. The van der Waals surface area contributed by atoms with Crippen molar-refractivity contribution in [3.05, 3.63) is 35.4 Å². The average Bonchev–Trinajstić information content (AvgIpc) is 2.95. The lowest BCUT2D eigenvalue weighted by Gasteiger charge is -2.38. The van der Waals surface area contributed by atoms with Gasteiger partial charge in [0.2, 0.25) is 0 Å². The van der Waals surface area contributed by atoms with E-state index in [1.54, 1.807) is 0 Å². The van der Waals surface area contributed by atoms with Crippen LogP contribution in [0.5, 0.6) is 0 Å². The Hall–Kier alpha value is -0.900. The smallest absolute Gasteiger partial charge is 0.0916 e. The van der Waals surface area contributed by atoms with Crippen LogP contribution >= 0.6 is 0 Å². The monoisotopic (exact) mass is 274 g/mol. The third kappa shape index (κ3) is 3.05. The van der Waals surface area contributed by atoms with Gasteiger partial charge in [0, 0.05) is 32.2 Å². The number of piperazine rings is 1. The van der Waals surface area contributed by atoms with E-state index in [9.17, 15) is 5.11 Å². The van der Waals surface area contributed by atoms with Gasteiger partial charge in [0.25, 0.3) is 0 Å². The summed E-state index contributed by atoms with van der Waals surface area (Å²) in [6.45, 7) is 7.61. The fourth-order valence-electron chi connectivity index (χ4n) is 3.55. The Kier molecular flexibility index (Phi) is 4.39. The summed E-state index contributed by atoms with van der Waals surface area (Å²) in [6.07, 6.45) is 3.38. The standard InChI is InChI=1S/C17H26N2O/c1-2-14-5-7-15(8-6-14)17(20)13-18-10-11-19-9-3-4-16(19)12-18/h5-8,16-17,20H,2-4,9-13H2,1H3. The molecule has 2 unspecified atom stereocenters. The minimum atomic E-state index is -0.353. The Morgan fingerprint density at radius 2 is 2.00 bits per heavy atom. The Morgan fingerprint density at radius 3 is 2.75 bits per heavy atom. The lowest BCUT2D eigenvalue weighted by atomic mass is 10.0. The van der Waals surface area contributed by atoms with Crippen LogP contribution in [0.2, 0.25) is 0 Å². The predicted octanol–water partition coefficient (Wildman–Crippen LogP) is 2.06. The van der Waals surface area contributed by atoms with Gasteiger partial charge in [0.1, 0.15) is 0 Å². The molecule has 0 radical (unpaired) electrons. The number of aryl methyl sites for hydroxylation is 1. The molecular formula is C17H26N2O. The Balaban J connectivity index is 1.56. The van der Waals surface area contributed by atoms with Crippen LogP contribution in [0.3, 0.4) is 0 Å². The first-order valence-electron chi connectivity index (χ1n) is 7.99. The minimum absolute atomic E-state index is 0.353. The highest BCUT2D eigenvalue weighted by Crippen LogP contribution is 2.23. The molecule has 2 atom stereocenters. The average molecular weight is 274 g/mol. The van der Waals surface area contributed by atoms with Gasteiger partial charge in [-0.05, 0) is 36.9 Å². The zero-order chi connectivity index (χ0) is 13.9. The first-order chi connectivity index (χ1) is 9.76. The number of β-amino-alcohol motifs (C(OH)–C–C–N with tert-alkyl or cyclic N) is 1. The molecule has 110 valence electrons. The van der Waals surface area contributed by atoms with E-state index < -0.39 is 0 Å². The summed E-state index contributed by atoms with van der Waals surface area (Å²) in [5, 5.41) is 10.4. The van der Waals surface area contributed by atoms with Crippen molar-refractivity contribution < 1.29 is 5.11 Å². The van der Waals surface area contributed by atoms with Crippen LogP contribution in [0, 0.1) is 0 Å². The lowest BCUT2D eigenvalue weighted by Crippen LogP contribution is -2.50. The van der Waals surface area contributed by atoms with Crippen molar-refractivity contribution >= 4 is 0 Å². The molecule has 1 N–H and O–H groups in total. The number of aliphatic hydroxyl groups excluding tert-OH is 1. The summed E-state index contributed by atoms with van der Waals surface area (Å²) < 4.78 is 0. The molecule has 0 spiro atoms. The van der Waals surface area contributed by atoms with E-state index in [0.717, 1.165) is 37.7 Å². The molecule has 0 bridgehead atoms. The van der Waals surface area contributed by atoms with Crippen LogP contribution in [-0.2, 0) is 6.42 Å². The van der Waals surface area contributed by atoms with E-state index in [0.29, 0.717) is 0 Å². The zero-order valence-corrected chi connectivity index (χ0v) is 12.5. The highest BCUT2D eigenvalue weighted by atomic mass is 16.3. The molecule has 0 aliphatic carbocycles. The maximum absolute atomic E-state index is 10.4. The van der Waals surface area contributed by atoms with Crippen LogP contribution in [0.4, 0.5) is 0 Å². The lowest BCUT2D eigenvalue weighted by molar-refractivity contribution is 0.0566. The second-order valence-electron chi connectivity index (χ2n) is 6.20. The van der Waals surface area contributed by atoms with Crippen LogP contribution in [0.25, 0.3) is 0 Å². The molecule has 20 heavy (non-hydrogen) atoms. The van der Waals surface area contributed by atoms with Crippen LogP contribution in [0.1, 0.15) is 37.0 Å². The van der Waals surface area contributed by atoms with Crippen molar-refractivity contribution in [2.75, 3.05) is 32.7 Å². The third-order valence-corrected chi connectivity index (χ3v) is 4.88. The molecule has 2 saturated heterocycles. The van der Waals surface area contributed by atoms with E-state index in [2.05, 4.69) is 41.0 Å². The molecular weight excluding hydrogens is 248 g/mol. The summed E-state index contributed by atoms with van der Waals surface area (Å²) >= 11 is 0. The molecule has 2 aliphatic heterocycles. The molecule has 0 amide bonds. The number of rotatable bonds is 4. The summed E-state index contributed by atoms with van der Waals surface area (Å²) in [6, 6.07) is 9.16. The van der Waals surface area contributed by atoms with Crippen molar-refractivity contribution in [3.8, 4) is 0 Å². The van der Waals surface area contributed by atoms with Gasteiger partial charge in [-0.15, -0.1) is 0 Å². The largest absolute Gasteiger partial charge is 0.387 e. The van der Waals surface area contributed by atoms with E-state index >= 15 is 0 Å². The maximum atomic E-state index is 10.4. The van der Waals surface area contributed by atoms with Gasteiger partial charge in [-0.25, -0.2) is 0 Å². The van der Waals surface area contributed by atoms with E-state index in [1.165, 1.54) is 31.5 Å². The van der Waals surface area contributed by atoms with E-state index in [-0.39, 0.29) is 6.10 Å². The molecule has 2 heterocycles. The highest BCUT2D eigenvalue weighted by molar-refractivity contribution is 5.24. The molecule has 2 fully saturated rings. The fourth-order valence-corrected chi connectivity index (χ4v) is 3.55.